The number of hydrogen-bond acceptors (Lipinski definition) is 0. The molecule has 0 aromatic heterocycles. The smallest absolute Gasteiger partial charge is 0.0178 e. The van der Waals surface area contributed by atoms with E-state index in [9.17, 15) is 0 Å². The van der Waals surface area contributed by atoms with Crippen molar-refractivity contribution < 1.29 is 0 Å². The quantitative estimate of drug-likeness (QED) is 0.571. The minimum absolute atomic E-state index is 1.26. The van der Waals surface area contributed by atoms with Crippen molar-refractivity contribution in [3.63, 3.8) is 0 Å². The van der Waals surface area contributed by atoms with E-state index in [1.807, 2.05) is 6.07 Å². The van der Waals surface area contributed by atoms with Gasteiger partial charge in [-0.3, -0.25) is 0 Å². The molecule has 0 bridgehead atoms. The molecule has 0 heteroatoms. The van der Waals surface area contributed by atoms with E-state index in [2.05, 4.69) is 79.7 Å². The second kappa shape index (κ2) is 5.11. The second-order valence-electron chi connectivity index (χ2n) is 4.81. The van der Waals surface area contributed by atoms with Gasteiger partial charge in [-0.15, -0.1) is 0 Å². The molecule has 0 aliphatic rings. The summed E-state index contributed by atoms with van der Waals surface area (Å²) in [6.07, 6.45) is 0. The maximum atomic E-state index is 2.25. The van der Waals surface area contributed by atoms with Crippen LogP contribution in [-0.2, 0) is 0 Å². The number of hydrogen-bond donors (Lipinski definition) is 0. The Morgan fingerprint density at radius 2 is 1.00 bits per heavy atom. The van der Waals surface area contributed by atoms with Crippen molar-refractivity contribution >= 4 is 0 Å². The highest BCUT2D eigenvalue weighted by atomic mass is 14.1. The molecule has 0 unspecified atom stereocenters. The largest absolute Gasteiger partial charge is 0.0622 e. The standard InChI is InChI=1S/C19H16/c1-15-10-12-17(13-11-15)19-9-5-8-18(14-19)16-6-3-2-4-7-16/h2-14H,1H3. The topological polar surface area (TPSA) is 0 Å². The van der Waals surface area contributed by atoms with E-state index >= 15 is 0 Å². The van der Waals surface area contributed by atoms with Gasteiger partial charge in [0.25, 0.3) is 0 Å². The Balaban J connectivity index is 2.03. The van der Waals surface area contributed by atoms with Crippen LogP contribution in [0.5, 0.6) is 0 Å². The molecule has 0 saturated carbocycles. The highest BCUT2D eigenvalue weighted by molar-refractivity contribution is 5.73. The fraction of sp³-hybridized carbons (Fsp3) is 0.0526. The van der Waals surface area contributed by atoms with Crippen LogP contribution in [0, 0.1) is 6.92 Å². The first kappa shape index (κ1) is 11.7. The number of aryl methyl sites for hydroxylation is 1. The lowest BCUT2D eigenvalue weighted by Crippen LogP contribution is -1.81. The molecule has 0 amide bonds. The summed E-state index contributed by atoms with van der Waals surface area (Å²) >= 11 is 0. The zero-order chi connectivity index (χ0) is 13.1. The Bertz CT molecular complexity index is 664. The van der Waals surface area contributed by atoms with Gasteiger partial charge in [0.1, 0.15) is 0 Å². The summed E-state index contributed by atoms with van der Waals surface area (Å²) in [4.78, 5) is 0. The normalized spacial score (nSPS) is 10.4. The second-order valence-corrected chi connectivity index (χ2v) is 4.81. The first-order valence-electron chi connectivity index (χ1n) is 6.55. The van der Waals surface area contributed by atoms with Gasteiger partial charge in [0.05, 0.1) is 0 Å². The van der Waals surface area contributed by atoms with Crippen LogP contribution in [0.15, 0.2) is 78.9 Å². The van der Waals surface area contributed by atoms with Crippen LogP contribution in [-0.4, -0.2) is 0 Å². The maximum absolute atomic E-state index is 2.25. The highest BCUT2D eigenvalue weighted by Gasteiger charge is 2.00. The number of benzene rings is 3. The van der Waals surface area contributed by atoms with E-state index < -0.39 is 0 Å². The first-order chi connectivity index (χ1) is 9.33. The highest BCUT2D eigenvalue weighted by Crippen LogP contribution is 2.26. The molecule has 19 heavy (non-hydrogen) atoms. The van der Waals surface area contributed by atoms with Crippen LogP contribution < -0.4 is 0 Å². The van der Waals surface area contributed by atoms with Gasteiger partial charge in [-0.25, -0.2) is 0 Å². The molecule has 0 heterocycles. The maximum Gasteiger partial charge on any atom is -0.0178 e. The van der Waals surface area contributed by atoms with Gasteiger partial charge in [0, 0.05) is 0 Å². The molecule has 0 aliphatic carbocycles. The minimum Gasteiger partial charge on any atom is -0.0622 e. The van der Waals surface area contributed by atoms with Crippen molar-refractivity contribution in [2.45, 2.75) is 6.92 Å². The Hall–Kier alpha value is -2.34. The Morgan fingerprint density at radius 1 is 0.474 bits per heavy atom. The SMILES string of the molecule is Cc1ccc(-c2cccc(-c3ccccc3)c2)cc1. The van der Waals surface area contributed by atoms with E-state index in [0.717, 1.165) is 0 Å². The summed E-state index contributed by atoms with van der Waals surface area (Å²) in [5.41, 5.74) is 6.35. The predicted octanol–water partition coefficient (Wildman–Crippen LogP) is 5.33. The summed E-state index contributed by atoms with van der Waals surface area (Å²) in [7, 11) is 0. The zero-order valence-electron chi connectivity index (χ0n) is 11.0. The molecule has 0 atom stereocenters. The molecular formula is C19H16. The van der Waals surface area contributed by atoms with Crippen LogP contribution in [0.2, 0.25) is 0 Å². The number of rotatable bonds is 2. The van der Waals surface area contributed by atoms with Crippen LogP contribution in [0.4, 0.5) is 0 Å². The average Bonchev–Trinajstić information content (AvgIpc) is 2.49. The van der Waals surface area contributed by atoms with E-state index in [0.29, 0.717) is 0 Å². The Labute approximate surface area is 114 Å². The van der Waals surface area contributed by atoms with E-state index in [4.69, 9.17) is 0 Å². The summed E-state index contributed by atoms with van der Waals surface area (Å²) in [5, 5.41) is 0. The third-order valence-electron chi connectivity index (χ3n) is 3.35. The Kier molecular flexibility index (Phi) is 3.16. The van der Waals surface area contributed by atoms with Crippen LogP contribution in [0.3, 0.4) is 0 Å². The van der Waals surface area contributed by atoms with E-state index in [1.54, 1.807) is 0 Å². The van der Waals surface area contributed by atoms with Gasteiger partial charge in [-0.05, 0) is 35.2 Å². The molecule has 3 rings (SSSR count). The van der Waals surface area contributed by atoms with Gasteiger partial charge in [0.15, 0.2) is 0 Å². The third-order valence-corrected chi connectivity index (χ3v) is 3.35. The van der Waals surface area contributed by atoms with Gasteiger partial charge in [-0.2, -0.15) is 0 Å². The lowest BCUT2D eigenvalue weighted by atomic mass is 9.99. The van der Waals surface area contributed by atoms with Gasteiger partial charge in [-0.1, -0.05) is 78.4 Å². The molecule has 0 aliphatic heterocycles. The fourth-order valence-corrected chi connectivity index (χ4v) is 2.25. The molecule has 0 fully saturated rings. The van der Waals surface area contributed by atoms with Crippen molar-refractivity contribution in [1.29, 1.82) is 0 Å². The zero-order valence-corrected chi connectivity index (χ0v) is 11.0. The van der Waals surface area contributed by atoms with Gasteiger partial charge >= 0.3 is 0 Å². The van der Waals surface area contributed by atoms with Crippen molar-refractivity contribution in [3.05, 3.63) is 84.4 Å². The Morgan fingerprint density at radius 3 is 1.63 bits per heavy atom. The molecule has 0 radical (unpaired) electrons. The van der Waals surface area contributed by atoms with Crippen LogP contribution in [0.25, 0.3) is 22.3 Å². The summed E-state index contributed by atoms with van der Waals surface area (Å²) in [5.74, 6) is 0. The van der Waals surface area contributed by atoms with Crippen molar-refractivity contribution in [1.82, 2.24) is 0 Å². The molecule has 0 spiro atoms. The monoisotopic (exact) mass is 244 g/mol. The van der Waals surface area contributed by atoms with E-state index in [1.165, 1.54) is 27.8 Å². The third kappa shape index (κ3) is 2.58. The van der Waals surface area contributed by atoms with Crippen LogP contribution >= 0.6 is 0 Å². The molecule has 0 N–H and O–H groups in total. The predicted molar refractivity (Wildman–Crippen MR) is 82.1 cm³/mol. The molecule has 92 valence electrons. The lowest BCUT2D eigenvalue weighted by molar-refractivity contribution is 1.47. The molecule has 3 aromatic rings. The molecule has 0 nitrogen and oxygen atoms in total. The lowest BCUT2D eigenvalue weighted by Gasteiger charge is -2.06. The fourth-order valence-electron chi connectivity index (χ4n) is 2.25. The van der Waals surface area contributed by atoms with Crippen molar-refractivity contribution in [3.8, 4) is 22.3 Å². The average molecular weight is 244 g/mol. The molecule has 3 aromatic carbocycles. The first-order valence-corrected chi connectivity index (χ1v) is 6.55. The summed E-state index contributed by atoms with van der Waals surface area (Å²) < 4.78 is 0. The van der Waals surface area contributed by atoms with Gasteiger partial charge < -0.3 is 0 Å². The van der Waals surface area contributed by atoms with Crippen LogP contribution in [0.1, 0.15) is 5.56 Å². The van der Waals surface area contributed by atoms with Crippen molar-refractivity contribution in [2.75, 3.05) is 0 Å². The molecular weight excluding hydrogens is 228 g/mol. The van der Waals surface area contributed by atoms with Crippen molar-refractivity contribution in [2.24, 2.45) is 0 Å². The minimum atomic E-state index is 1.26. The van der Waals surface area contributed by atoms with Gasteiger partial charge in [0.2, 0.25) is 0 Å². The summed E-state index contributed by atoms with van der Waals surface area (Å²) in [6, 6.07) is 27.9. The van der Waals surface area contributed by atoms with E-state index in [-0.39, 0.29) is 0 Å². The summed E-state index contributed by atoms with van der Waals surface area (Å²) in [6.45, 7) is 2.12. The molecule has 0 saturated heterocycles.